The molecule has 0 radical (unpaired) electrons. The quantitative estimate of drug-likeness (QED) is 0.467. The third kappa shape index (κ3) is 3.09. The molecule has 0 aromatic carbocycles. The normalized spacial score (nSPS) is 8.50. The van der Waals surface area contributed by atoms with Crippen molar-refractivity contribution in [2.24, 2.45) is 0 Å². The predicted octanol–water partition coefficient (Wildman–Crippen LogP) is 2.09. The van der Waals surface area contributed by atoms with Gasteiger partial charge in [0.05, 0.1) is 6.20 Å². The number of rotatable bonds is 2. The number of hydrogen-bond donors (Lipinski definition) is 0. The first-order valence-electron chi connectivity index (χ1n) is 3.47. The Morgan fingerprint density at radius 1 is 1.58 bits per heavy atom. The minimum Gasteiger partial charge on any atom is -0.479 e. The van der Waals surface area contributed by atoms with E-state index in [1.54, 1.807) is 13.1 Å². The Bertz CT molecular complexity index is 297. The molecule has 0 amide bonds. The molecule has 12 heavy (non-hydrogen) atoms. The van der Waals surface area contributed by atoms with Crippen molar-refractivity contribution in [1.82, 2.24) is 4.98 Å². The van der Waals surface area contributed by atoms with E-state index in [0.717, 1.165) is 9.45 Å². The summed E-state index contributed by atoms with van der Waals surface area (Å²) < 4.78 is 6.22. The molecule has 1 aromatic heterocycles. The van der Waals surface area contributed by atoms with E-state index < -0.39 is 0 Å². The van der Waals surface area contributed by atoms with Gasteiger partial charge in [-0.1, -0.05) is 5.92 Å². The van der Waals surface area contributed by atoms with Crippen LogP contribution in [0.3, 0.4) is 0 Å². The fraction of sp³-hybridized carbons (Fsp3) is 0.222. The minimum absolute atomic E-state index is 0.429. The van der Waals surface area contributed by atoms with E-state index in [4.69, 9.17) is 4.74 Å². The van der Waals surface area contributed by atoms with Crippen molar-refractivity contribution in [3.05, 3.63) is 22.0 Å². The van der Waals surface area contributed by atoms with Gasteiger partial charge in [-0.2, -0.15) is 0 Å². The van der Waals surface area contributed by atoms with E-state index in [1.807, 2.05) is 12.1 Å². The maximum atomic E-state index is 5.26. The van der Waals surface area contributed by atoms with Gasteiger partial charge in [0.25, 0.3) is 0 Å². The third-order valence-corrected chi connectivity index (χ3v) is 1.83. The van der Waals surface area contributed by atoms with E-state index in [-0.39, 0.29) is 0 Å². The highest BCUT2D eigenvalue weighted by molar-refractivity contribution is 14.1. The van der Waals surface area contributed by atoms with Gasteiger partial charge in [-0.25, -0.2) is 4.98 Å². The first-order chi connectivity index (χ1) is 5.83. The lowest BCUT2D eigenvalue weighted by atomic mass is 10.5. The molecule has 0 atom stereocenters. The van der Waals surface area contributed by atoms with Crippen LogP contribution in [0.15, 0.2) is 18.3 Å². The van der Waals surface area contributed by atoms with E-state index in [9.17, 15) is 0 Å². The molecule has 0 aliphatic heterocycles. The summed E-state index contributed by atoms with van der Waals surface area (Å²) >= 11 is 2.15. The fourth-order valence-electron chi connectivity index (χ4n) is 0.639. The van der Waals surface area contributed by atoms with Crippen molar-refractivity contribution in [2.45, 2.75) is 6.92 Å². The minimum atomic E-state index is 0.429. The van der Waals surface area contributed by atoms with Crippen LogP contribution in [0.1, 0.15) is 6.92 Å². The first-order valence-corrected chi connectivity index (χ1v) is 4.55. The summed E-state index contributed by atoms with van der Waals surface area (Å²) in [6, 6.07) is 3.78. The van der Waals surface area contributed by atoms with Crippen molar-refractivity contribution in [1.29, 1.82) is 0 Å². The van der Waals surface area contributed by atoms with E-state index in [2.05, 4.69) is 39.4 Å². The zero-order valence-electron chi connectivity index (χ0n) is 6.67. The first kappa shape index (κ1) is 9.33. The molecular weight excluding hydrogens is 265 g/mol. The van der Waals surface area contributed by atoms with Gasteiger partial charge in [-0.3, -0.25) is 0 Å². The lowest BCUT2D eigenvalue weighted by Gasteiger charge is -1.99. The van der Waals surface area contributed by atoms with Gasteiger partial charge in [-0.05, 0) is 41.6 Å². The summed E-state index contributed by atoms with van der Waals surface area (Å²) in [4.78, 5) is 4.07. The van der Waals surface area contributed by atoms with E-state index in [1.165, 1.54) is 0 Å². The molecule has 1 aromatic rings. The second kappa shape index (κ2) is 4.99. The lowest BCUT2D eigenvalue weighted by molar-refractivity contribution is 0.368. The van der Waals surface area contributed by atoms with Gasteiger partial charge in [0.1, 0.15) is 16.1 Å². The fourth-order valence-corrected chi connectivity index (χ4v) is 0.958. The molecule has 3 heteroatoms. The second-order valence-corrected chi connectivity index (χ2v) is 3.14. The number of pyridine rings is 1. The Morgan fingerprint density at radius 2 is 2.42 bits per heavy atom. The zero-order valence-corrected chi connectivity index (χ0v) is 8.83. The highest BCUT2D eigenvalue weighted by Crippen LogP contribution is 2.09. The lowest BCUT2D eigenvalue weighted by Crippen LogP contribution is -1.94. The maximum absolute atomic E-state index is 5.26. The molecule has 0 fully saturated rings. The Kier molecular flexibility index (Phi) is 3.88. The summed E-state index contributed by atoms with van der Waals surface area (Å²) in [6.45, 7) is 2.22. The van der Waals surface area contributed by atoms with Crippen LogP contribution >= 0.6 is 22.6 Å². The van der Waals surface area contributed by atoms with E-state index in [0.29, 0.717) is 6.61 Å². The molecule has 0 saturated carbocycles. The zero-order chi connectivity index (χ0) is 8.81. The van der Waals surface area contributed by atoms with Crippen LogP contribution in [0, 0.1) is 15.5 Å². The SMILES string of the molecule is CC#CCOc1ccc(I)nc1. The van der Waals surface area contributed by atoms with Crippen LogP contribution in [0.25, 0.3) is 0 Å². The van der Waals surface area contributed by atoms with Crippen LogP contribution in [0.4, 0.5) is 0 Å². The predicted molar refractivity (Wildman–Crippen MR) is 55.9 cm³/mol. The molecule has 1 heterocycles. The molecule has 1 rings (SSSR count). The van der Waals surface area contributed by atoms with Crippen LogP contribution < -0.4 is 4.74 Å². The van der Waals surface area contributed by atoms with Gasteiger partial charge in [-0.15, -0.1) is 5.92 Å². The average Bonchev–Trinajstić information content (AvgIpc) is 2.09. The summed E-state index contributed by atoms with van der Waals surface area (Å²) in [5.41, 5.74) is 0. The maximum Gasteiger partial charge on any atom is 0.149 e. The number of hydrogen-bond acceptors (Lipinski definition) is 2. The Hall–Kier alpha value is -0.760. The third-order valence-electron chi connectivity index (χ3n) is 1.19. The number of ether oxygens (including phenoxy) is 1. The highest BCUT2D eigenvalue weighted by atomic mass is 127. The Labute approximate surface area is 85.5 Å². The van der Waals surface area contributed by atoms with Crippen molar-refractivity contribution in [3.8, 4) is 17.6 Å². The molecule has 0 unspecified atom stereocenters. The van der Waals surface area contributed by atoms with Gasteiger partial charge in [0.2, 0.25) is 0 Å². The van der Waals surface area contributed by atoms with Crippen molar-refractivity contribution >= 4 is 22.6 Å². The number of aromatic nitrogens is 1. The summed E-state index contributed by atoms with van der Waals surface area (Å²) in [5, 5.41) is 0. The molecule has 0 bridgehead atoms. The highest BCUT2D eigenvalue weighted by Gasteiger charge is 1.91. The molecule has 0 N–H and O–H groups in total. The summed E-state index contributed by atoms with van der Waals surface area (Å²) in [6.07, 6.45) is 1.69. The van der Waals surface area contributed by atoms with Gasteiger partial charge in [0, 0.05) is 0 Å². The molecule has 0 saturated heterocycles. The molecule has 2 nitrogen and oxygen atoms in total. The largest absolute Gasteiger partial charge is 0.479 e. The Morgan fingerprint density at radius 3 is 3.00 bits per heavy atom. The van der Waals surface area contributed by atoms with Crippen molar-refractivity contribution < 1.29 is 4.74 Å². The van der Waals surface area contributed by atoms with Gasteiger partial charge < -0.3 is 4.74 Å². The van der Waals surface area contributed by atoms with Crippen LogP contribution in [-0.4, -0.2) is 11.6 Å². The summed E-state index contributed by atoms with van der Waals surface area (Å²) in [7, 11) is 0. The van der Waals surface area contributed by atoms with E-state index >= 15 is 0 Å². The smallest absolute Gasteiger partial charge is 0.149 e. The average molecular weight is 273 g/mol. The van der Waals surface area contributed by atoms with Crippen LogP contribution in [-0.2, 0) is 0 Å². The molecule has 0 aliphatic carbocycles. The van der Waals surface area contributed by atoms with Crippen molar-refractivity contribution in [3.63, 3.8) is 0 Å². The molecule has 62 valence electrons. The van der Waals surface area contributed by atoms with Crippen molar-refractivity contribution in [2.75, 3.05) is 6.61 Å². The van der Waals surface area contributed by atoms with Gasteiger partial charge in [0.15, 0.2) is 0 Å². The standard InChI is InChI=1S/C9H8INO/c1-2-3-6-12-8-4-5-9(10)11-7-8/h4-5,7H,6H2,1H3. The molecular formula is C9H8INO. The summed E-state index contributed by atoms with van der Waals surface area (Å²) in [5.74, 6) is 6.32. The monoisotopic (exact) mass is 273 g/mol. The number of nitrogens with zero attached hydrogens (tertiary/aromatic N) is 1. The second-order valence-electron chi connectivity index (χ2n) is 2.03. The Balaban J connectivity index is 2.51. The molecule has 0 aliphatic rings. The van der Waals surface area contributed by atoms with Gasteiger partial charge >= 0.3 is 0 Å². The van der Waals surface area contributed by atoms with Crippen LogP contribution in [0.5, 0.6) is 5.75 Å². The topological polar surface area (TPSA) is 22.1 Å². The van der Waals surface area contributed by atoms with Crippen LogP contribution in [0.2, 0.25) is 0 Å². The number of halogens is 1. The molecule has 0 spiro atoms.